The van der Waals surface area contributed by atoms with Crippen molar-refractivity contribution in [3.05, 3.63) is 71.3 Å². The van der Waals surface area contributed by atoms with E-state index in [1.165, 1.54) is 19.2 Å². The maximum absolute atomic E-state index is 13.7. The molecule has 2 aromatic carbocycles. The second-order valence-corrected chi connectivity index (χ2v) is 12.2. The molecule has 1 fully saturated rings. The number of benzene rings is 2. The summed E-state index contributed by atoms with van der Waals surface area (Å²) in [5.74, 6) is -3.14. The van der Waals surface area contributed by atoms with Gasteiger partial charge in [0.15, 0.2) is 5.96 Å². The maximum Gasteiger partial charge on any atom is 0.245 e. The molecule has 5 amide bonds. The summed E-state index contributed by atoms with van der Waals surface area (Å²) in [6.45, 7) is 1.41. The molecular weight excluding hydrogens is 616 g/mol. The number of aliphatic imine (C=N–C) groups is 1. The van der Waals surface area contributed by atoms with Crippen LogP contribution in [0.2, 0.25) is 0 Å². The Kier molecular flexibility index (Phi) is 12.1. The third-order valence-corrected chi connectivity index (χ3v) is 8.58. The first-order valence-electron chi connectivity index (χ1n) is 15.9. The number of aromatic hydroxyl groups is 1. The predicted octanol–water partition coefficient (Wildman–Crippen LogP) is -0.132. The molecule has 0 aromatic heterocycles. The van der Waals surface area contributed by atoms with Gasteiger partial charge in [0.1, 0.15) is 23.9 Å². The molecule has 5 unspecified atom stereocenters. The minimum atomic E-state index is -1.08. The smallest absolute Gasteiger partial charge is 0.245 e. The largest absolute Gasteiger partial charge is 0.508 e. The van der Waals surface area contributed by atoms with Gasteiger partial charge < -0.3 is 42.7 Å². The highest BCUT2D eigenvalue weighted by atomic mass is 16.3. The van der Waals surface area contributed by atoms with Gasteiger partial charge in [-0.25, -0.2) is 0 Å². The van der Waals surface area contributed by atoms with Crippen LogP contribution in [0.5, 0.6) is 5.75 Å². The number of phenols is 1. The number of carbonyl (C=O) groups is 5. The topological polar surface area (TPSA) is 221 Å². The Morgan fingerprint density at radius 2 is 1.62 bits per heavy atom. The van der Waals surface area contributed by atoms with Crippen LogP contribution in [0.1, 0.15) is 48.8 Å². The zero-order valence-electron chi connectivity index (χ0n) is 27.1. The van der Waals surface area contributed by atoms with Gasteiger partial charge in [-0.2, -0.15) is 0 Å². The Hall–Kier alpha value is -5.40. The number of hydrogen-bond donors (Lipinski definition) is 7. The van der Waals surface area contributed by atoms with Crippen molar-refractivity contribution < 1.29 is 29.1 Å². The van der Waals surface area contributed by atoms with Crippen LogP contribution in [0.3, 0.4) is 0 Å². The molecule has 5 atom stereocenters. The lowest BCUT2D eigenvalue weighted by atomic mass is 9.77. The number of likely N-dealkylation sites (N-methyl/N-ethyl adjacent to an activating group) is 1. The van der Waals surface area contributed by atoms with Crippen molar-refractivity contribution in [2.24, 2.45) is 22.4 Å². The van der Waals surface area contributed by atoms with Gasteiger partial charge in [-0.15, -0.1) is 0 Å². The van der Waals surface area contributed by atoms with Gasteiger partial charge in [0, 0.05) is 20.0 Å². The van der Waals surface area contributed by atoms with Crippen LogP contribution in [0, 0.1) is 5.92 Å². The zero-order chi connectivity index (χ0) is 34.8. The van der Waals surface area contributed by atoms with Crippen LogP contribution in [0.4, 0.5) is 0 Å². The molecule has 14 nitrogen and oxygen atoms in total. The average molecular weight is 661 g/mol. The van der Waals surface area contributed by atoms with Gasteiger partial charge in [-0.05, 0) is 59.9 Å². The number of rotatable bonds is 8. The number of nitrogens with zero attached hydrogens (tertiary/aromatic N) is 2. The van der Waals surface area contributed by atoms with Crippen molar-refractivity contribution in [3.8, 4) is 5.75 Å². The van der Waals surface area contributed by atoms with Crippen molar-refractivity contribution >= 4 is 41.6 Å². The molecule has 256 valence electrons. The summed E-state index contributed by atoms with van der Waals surface area (Å²) in [4.78, 5) is 72.2. The summed E-state index contributed by atoms with van der Waals surface area (Å²) >= 11 is 0. The predicted molar refractivity (Wildman–Crippen MR) is 180 cm³/mol. The number of hydrogen-bond acceptors (Lipinski definition) is 7. The van der Waals surface area contributed by atoms with E-state index in [1.807, 2.05) is 36.4 Å². The first-order chi connectivity index (χ1) is 22.9. The summed E-state index contributed by atoms with van der Waals surface area (Å²) in [6, 6.07) is 10.9. The first-order valence-corrected chi connectivity index (χ1v) is 15.9. The second kappa shape index (κ2) is 16.4. The van der Waals surface area contributed by atoms with Gasteiger partial charge in [0.05, 0.1) is 13.1 Å². The van der Waals surface area contributed by atoms with E-state index in [-0.39, 0.29) is 49.4 Å². The number of phenolic OH excluding ortho intramolecular Hbond substituents is 1. The van der Waals surface area contributed by atoms with Crippen LogP contribution in [-0.4, -0.2) is 90.3 Å². The van der Waals surface area contributed by atoms with Crippen molar-refractivity contribution in [2.45, 2.75) is 56.7 Å². The number of allylic oxidation sites excluding steroid dienone is 1. The zero-order valence-corrected chi connectivity index (χ0v) is 27.1. The van der Waals surface area contributed by atoms with Crippen molar-refractivity contribution in [2.75, 3.05) is 26.7 Å². The number of carbonyl (C=O) groups excluding carboxylic acids is 5. The molecule has 1 saturated heterocycles. The molecule has 14 heteroatoms. The van der Waals surface area contributed by atoms with Crippen molar-refractivity contribution in [1.82, 2.24) is 26.2 Å². The van der Waals surface area contributed by atoms with Crippen LogP contribution < -0.4 is 32.7 Å². The van der Waals surface area contributed by atoms with E-state index in [0.29, 0.717) is 12.0 Å². The fourth-order valence-electron chi connectivity index (χ4n) is 5.94. The van der Waals surface area contributed by atoms with Crippen molar-refractivity contribution in [3.63, 3.8) is 0 Å². The number of nitrogens with two attached hydrogens (primary N) is 2. The standard InChI is InChI=1S/C34H44N8O6/c1-20-23(12-11-22-6-3-4-7-25(20)22)17-27-31(46)38-18-29(44)40-28(16-21-9-13-24(43)14-10-21)33(48)42(2)19-30(45)39-26(32(47)41-27)8-5-15-37-34(35)36/h3-4,6-7,9-14,20,23,26-28,43H,5,8,15-19H2,1-2H3,(H,38,46)(H,39,45)(H,40,44)(H,41,47)(H4,35,36,37). The third-order valence-electron chi connectivity index (χ3n) is 8.58. The molecule has 0 spiro atoms. The van der Waals surface area contributed by atoms with Gasteiger partial charge >= 0.3 is 0 Å². The second-order valence-electron chi connectivity index (χ2n) is 12.2. The van der Waals surface area contributed by atoms with Crippen molar-refractivity contribution in [1.29, 1.82) is 0 Å². The summed E-state index contributed by atoms with van der Waals surface area (Å²) in [7, 11) is 1.42. The third kappa shape index (κ3) is 9.80. The van der Waals surface area contributed by atoms with E-state index in [4.69, 9.17) is 11.5 Å². The lowest BCUT2D eigenvalue weighted by Gasteiger charge is -2.31. The van der Waals surface area contributed by atoms with Gasteiger partial charge in [0.2, 0.25) is 29.5 Å². The van der Waals surface area contributed by atoms with Crippen LogP contribution in [-0.2, 0) is 30.4 Å². The van der Waals surface area contributed by atoms with Gasteiger partial charge in [-0.1, -0.05) is 55.5 Å². The van der Waals surface area contributed by atoms with E-state index in [2.05, 4.69) is 33.2 Å². The van der Waals surface area contributed by atoms with Gasteiger partial charge in [-0.3, -0.25) is 29.0 Å². The lowest BCUT2D eigenvalue weighted by molar-refractivity contribution is -0.138. The molecule has 1 aliphatic carbocycles. The number of fused-ring (bicyclic) bond motifs is 1. The Morgan fingerprint density at radius 3 is 2.35 bits per heavy atom. The van der Waals surface area contributed by atoms with E-state index < -0.39 is 60.8 Å². The molecule has 2 aromatic rings. The van der Waals surface area contributed by atoms with E-state index >= 15 is 0 Å². The summed E-state index contributed by atoms with van der Waals surface area (Å²) in [5, 5.41) is 20.5. The SMILES string of the molecule is CC1c2ccccc2C=CC1CC1NC(=O)C(CCCN=C(N)N)NC(=O)CN(C)C(=O)C(Cc2ccc(O)cc2)NC(=O)CNC1=O. The molecule has 1 heterocycles. The lowest BCUT2D eigenvalue weighted by Crippen LogP contribution is -2.55. The monoisotopic (exact) mass is 660 g/mol. The molecule has 2 aliphatic rings. The van der Waals surface area contributed by atoms with E-state index in [9.17, 15) is 29.1 Å². The number of guanidine groups is 1. The number of nitrogens with one attached hydrogen (secondary N) is 4. The Bertz CT molecular complexity index is 1550. The van der Waals surface area contributed by atoms with E-state index in [0.717, 1.165) is 16.0 Å². The molecule has 4 rings (SSSR count). The highest BCUT2D eigenvalue weighted by Crippen LogP contribution is 2.36. The normalized spacial score (nSPS) is 23.8. The Labute approximate surface area is 279 Å². The quantitative estimate of drug-likeness (QED) is 0.115. The molecular formula is C34H44N8O6. The molecule has 48 heavy (non-hydrogen) atoms. The minimum Gasteiger partial charge on any atom is -0.508 e. The average Bonchev–Trinajstić information content (AvgIpc) is 3.05. The maximum atomic E-state index is 13.7. The number of amides is 5. The first kappa shape index (κ1) is 35.5. The Balaban J connectivity index is 1.60. The summed E-state index contributed by atoms with van der Waals surface area (Å²) in [5.41, 5.74) is 13.7. The molecule has 0 bridgehead atoms. The summed E-state index contributed by atoms with van der Waals surface area (Å²) < 4.78 is 0. The fourth-order valence-corrected chi connectivity index (χ4v) is 5.94. The van der Waals surface area contributed by atoms with Crippen LogP contribution >= 0.6 is 0 Å². The van der Waals surface area contributed by atoms with Gasteiger partial charge in [0.25, 0.3) is 0 Å². The fraction of sp³-hybridized carbons (Fsp3) is 0.412. The van der Waals surface area contributed by atoms with E-state index in [1.54, 1.807) is 12.1 Å². The molecule has 0 radical (unpaired) electrons. The highest BCUT2D eigenvalue weighted by Gasteiger charge is 2.33. The minimum absolute atomic E-state index is 0.0353. The van der Waals surface area contributed by atoms with Crippen LogP contribution in [0.15, 0.2) is 59.6 Å². The summed E-state index contributed by atoms with van der Waals surface area (Å²) in [6.07, 6.45) is 4.79. The highest BCUT2D eigenvalue weighted by molar-refractivity contribution is 5.96. The molecule has 0 saturated carbocycles. The molecule has 9 N–H and O–H groups in total. The molecule has 1 aliphatic heterocycles. The van der Waals surface area contributed by atoms with Crippen LogP contribution in [0.25, 0.3) is 6.08 Å². The Morgan fingerprint density at radius 1 is 0.917 bits per heavy atom.